The Morgan fingerprint density at radius 3 is 1.72 bits per heavy atom. The van der Waals surface area contributed by atoms with Gasteiger partial charge in [0.05, 0.1) is 0 Å². The standard InChI is InChI=1S/C31H14BF11N6O/c32-49-30(46-28-12-4-18(36)17(35)3-11(12)27(44)45-28)13-5-19(37)20(38)6-14(13)31(49)47-29-10-2-16(34)15(33)1-9(10)7-48(29)8-50-26-24(42)22(40)21(39)23(41)25(26)43/h1-6H,7-8,32H2,(H2,44,45,46)/b47-29-. The fourth-order valence-electron chi connectivity index (χ4n) is 5.58. The zero-order valence-electron chi connectivity index (χ0n) is 24.8. The van der Waals surface area contributed by atoms with E-state index in [9.17, 15) is 48.3 Å². The molecule has 19 heteroatoms. The summed E-state index contributed by atoms with van der Waals surface area (Å²) >= 11 is 0. The highest BCUT2D eigenvalue weighted by Crippen LogP contribution is 2.41. The topological polar surface area (TPSA) is 80.5 Å². The van der Waals surface area contributed by atoms with Crippen LogP contribution in [0, 0.1) is 64.0 Å². The Balaban J connectivity index is 1.40. The molecule has 0 atom stereocenters. The number of benzene rings is 4. The molecule has 0 saturated carbocycles. The summed E-state index contributed by atoms with van der Waals surface area (Å²) in [6.07, 6.45) is 0. The van der Waals surface area contributed by atoms with Crippen molar-refractivity contribution in [2.75, 3.05) is 6.73 Å². The molecule has 7 nitrogen and oxygen atoms in total. The Bertz CT molecular complexity index is 2400. The summed E-state index contributed by atoms with van der Waals surface area (Å²) in [7, 11) is 1.32. The molecule has 2 aliphatic rings. The lowest BCUT2D eigenvalue weighted by atomic mass is 10.1. The first-order valence-electron chi connectivity index (χ1n) is 14.0. The van der Waals surface area contributed by atoms with E-state index in [1.807, 2.05) is 0 Å². The molecule has 7 rings (SSSR count). The molecule has 3 heterocycles. The van der Waals surface area contributed by atoms with Crippen LogP contribution in [0.2, 0.25) is 0 Å². The predicted molar refractivity (Wildman–Crippen MR) is 159 cm³/mol. The summed E-state index contributed by atoms with van der Waals surface area (Å²) in [5.41, 5.74) is 5.76. The Labute approximate surface area is 272 Å². The van der Waals surface area contributed by atoms with Crippen LogP contribution in [0.3, 0.4) is 0 Å². The normalized spacial score (nSPS) is 15.4. The fraction of sp³-hybridized carbons (Fsp3) is 0.0645. The van der Waals surface area contributed by atoms with Crippen LogP contribution in [0.15, 0.2) is 51.4 Å². The number of nitrogens with two attached hydrogens (primary N) is 1. The second-order valence-electron chi connectivity index (χ2n) is 11.0. The van der Waals surface area contributed by atoms with E-state index in [1.165, 1.54) is 12.5 Å². The molecule has 5 aromatic rings. The van der Waals surface area contributed by atoms with Gasteiger partial charge in [0.1, 0.15) is 23.3 Å². The maximum absolute atomic E-state index is 14.6. The van der Waals surface area contributed by atoms with Gasteiger partial charge in [0.25, 0.3) is 0 Å². The van der Waals surface area contributed by atoms with Crippen LogP contribution in [-0.4, -0.2) is 41.6 Å². The number of aromatic nitrogens is 1. The molecule has 0 bridgehead atoms. The van der Waals surface area contributed by atoms with E-state index in [0.717, 1.165) is 41.3 Å². The van der Waals surface area contributed by atoms with Crippen molar-refractivity contribution in [3.8, 4) is 5.75 Å². The van der Waals surface area contributed by atoms with Crippen molar-refractivity contribution in [1.82, 2.24) is 9.38 Å². The quantitative estimate of drug-likeness (QED) is 0.101. The molecule has 0 fully saturated rings. The monoisotopic (exact) mass is 706 g/mol. The summed E-state index contributed by atoms with van der Waals surface area (Å²) < 4.78 is 162. The smallest absolute Gasteiger partial charge is 0.227 e. The molecule has 0 unspecified atom stereocenters. The van der Waals surface area contributed by atoms with E-state index in [0.29, 0.717) is 0 Å². The van der Waals surface area contributed by atoms with Crippen LogP contribution >= 0.6 is 0 Å². The molecule has 0 radical (unpaired) electrons. The Kier molecular flexibility index (Phi) is 7.60. The number of aliphatic imine (C=N–C) groups is 3. The highest BCUT2D eigenvalue weighted by atomic mass is 19.2. The summed E-state index contributed by atoms with van der Waals surface area (Å²) in [6.45, 7) is -1.39. The lowest BCUT2D eigenvalue weighted by molar-refractivity contribution is 0.171. The SMILES string of the molecule is Bn1c(/N=C2\N=C(N)c3cc(F)c(F)cc32)c2cc(F)c(F)cc2c1/N=C1/c2cc(F)c(F)cc2CN1COc1c(F)c(F)c(F)c(F)c1F. The lowest BCUT2D eigenvalue weighted by Crippen LogP contribution is -2.30. The van der Waals surface area contributed by atoms with Crippen LogP contribution in [0.1, 0.15) is 22.3 Å². The highest BCUT2D eigenvalue weighted by molar-refractivity contribution is 6.24. The minimum atomic E-state index is -2.43. The Morgan fingerprint density at radius 1 is 0.640 bits per heavy atom. The third-order valence-corrected chi connectivity index (χ3v) is 7.99. The van der Waals surface area contributed by atoms with Crippen LogP contribution < -0.4 is 10.5 Å². The molecule has 254 valence electrons. The average Bonchev–Trinajstić information content (AvgIpc) is 3.64. The molecule has 2 N–H and O–H groups in total. The van der Waals surface area contributed by atoms with Gasteiger partial charge in [-0.1, -0.05) is 0 Å². The van der Waals surface area contributed by atoms with E-state index < -0.39 is 83.0 Å². The van der Waals surface area contributed by atoms with E-state index in [-0.39, 0.29) is 62.2 Å². The molecule has 0 aliphatic carbocycles. The van der Waals surface area contributed by atoms with Gasteiger partial charge in [0.15, 0.2) is 53.2 Å². The van der Waals surface area contributed by atoms with Crippen LogP contribution in [-0.2, 0) is 6.54 Å². The van der Waals surface area contributed by atoms with E-state index in [2.05, 4.69) is 15.0 Å². The van der Waals surface area contributed by atoms with E-state index in [1.54, 1.807) is 0 Å². The molecule has 0 amide bonds. The van der Waals surface area contributed by atoms with Crippen LogP contribution in [0.5, 0.6) is 5.75 Å². The first kappa shape index (κ1) is 32.7. The number of halogens is 11. The van der Waals surface area contributed by atoms with Gasteiger partial charge in [-0.15, -0.1) is 0 Å². The average molecular weight is 706 g/mol. The second-order valence-corrected chi connectivity index (χ2v) is 11.0. The summed E-state index contributed by atoms with van der Waals surface area (Å²) in [4.78, 5) is 13.9. The van der Waals surface area contributed by atoms with Gasteiger partial charge in [-0.05, 0) is 42.0 Å². The summed E-state index contributed by atoms with van der Waals surface area (Å²) in [6, 6.07) is 4.56. The maximum Gasteiger partial charge on any atom is 0.227 e. The lowest BCUT2D eigenvalue weighted by Gasteiger charge is -2.20. The minimum Gasteiger partial charge on any atom is -0.467 e. The fourth-order valence-corrected chi connectivity index (χ4v) is 5.58. The summed E-state index contributed by atoms with van der Waals surface area (Å²) in [5, 5.41) is -0.230. The van der Waals surface area contributed by atoms with Crippen LogP contribution in [0.25, 0.3) is 10.8 Å². The first-order chi connectivity index (χ1) is 23.7. The van der Waals surface area contributed by atoms with Crippen molar-refractivity contribution in [1.29, 1.82) is 0 Å². The van der Waals surface area contributed by atoms with Crippen molar-refractivity contribution >= 4 is 47.9 Å². The number of hydrogen-bond donors (Lipinski definition) is 1. The summed E-state index contributed by atoms with van der Waals surface area (Å²) in [5.74, 6) is -22.2. The van der Waals surface area contributed by atoms with Crippen molar-refractivity contribution in [2.24, 2.45) is 20.7 Å². The first-order valence-corrected chi connectivity index (χ1v) is 14.0. The van der Waals surface area contributed by atoms with Gasteiger partial charge >= 0.3 is 0 Å². The molecule has 2 aliphatic heterocycles. The Hall–Kier alpha value is -5.88. The molecular formula is C31H14BF11N6O. The molecule has 4 aromatic carbocycles. The van der Waals surface area contributed by atoms with E-state index >= 15 is 0 Å². The van der Waals surface area contributed by atoms with Crippen molar-refractivity contribution in [3.05, 3.63) is 123 Å². The third-order valence-electron chi connectivity index (χ3n) is 7.99. The predicted octanol–water partition coefficient (Wildman–Crippen LogP) is 6.30. The van der Waals surface area contributed by atoms with Gasteiger partial charge in [0.2, 0.25) is 37.1 Å². The van der Waals surface area contributed by atoms with Crippen LogP contribution in [0.4, 0.5) is 59.9 Å². The number of hydrogen-bond acceptors (Lipinski definition) is 4. The van der Waals surface area contributed by atoms with Crippen molar-refractivity contribution in [3.63, 3.8) is 0 Å². The molecule has 1 aromatic heterocycles. The number of ether oxygens (including phenoxy) is 1. The zero-order valence-corrected chi connectivity index (χ0v) is 24.8. The number of amidine groups is 3. The van der Waals surface area contributed by atoms with Crippen molar-refractivity contribution in [2.45, 2.75) is 6.54 Å². The molecule has 50 heavy (non-hydrogen) atoms. The Morgan fingerprint density at radius 2 is 1.12 bits per heavy atom. The number of fused-ring (bicyclic) bond motifs is 3. The third kappa shape index (κ3) is 5.02. The van der Waals surface area contributed by atoms with E-state index in [4.69, 9.17) is 10.5 Å². The van der Waals surface area contributed by atoms with Gasteiger partial charge in [-0.25, -0.2) is 54.5 Å². The van der Waals surface area contributed by atoms with Gasteiger partial charge < -0.3 is 19.8 Å². The zero-order chi connectivity index (χ0) is 35.9. The van der Waals surface area contributed by atoms with Gasteiger partial charge in [-0.3, -0.25) is 0 Å². The maximum atomic E-state index is 14.6. The second kappa shape index (κ2) is 11.6. The van der Waals surface area contributed by atoms with Crippen molar-refractivity contribution < 1.29 is 53.0 Å². The number of rotatable bonds is 5. The van der Waals surface area contributed by atoms with Gasteiger partial charge in [-0.2, -0.15) is 8.78 Å². The molecule has 0 saturated heterocycles. The molecule has 0 spiro atoms. The molecular weight excluding hydrogens is 692 g/mol. The van der Waals surface area contributed by atoms with Gasteiger partial charge in [0, 0.05) is 34.0 Å². The number of nitrogens with zero attached hydrogens (tertiary/aromatic N) is 5. The minimum absolute atomic E-state index is 0.000102. The highest BCUT2D eigenvalue weighted by Gasteiger charge is 2.32. The largest absolute Gasteiger partial charge is 0.467 e.